The first-order chi connectivity index (χ1) is 10.7. The first kappa shape index (κ1) is 14.4. The lowest BCUT2D eigenvalue weighted by Gasteiger charge is -2.19. The first-order valence-corrected chi connectivity index (χ1v) is 7.24. The molecular formula is C18H14ClNO2. The summed E-state index contributed by atoms with van der Waals surface area (Å²) in [6, 6.07) is 16.4. The lowest BCUT2D eigenvalue weighted by Crippen LogP contribution is -2.30. The second kappa shape index (κ2) is 6.08. The van der Waals surface area contributed by atoms with Gasteiger partial charge in [0.25, 0.3) is 5.91 Å². The minimum Gasteiger partial charge on any atom is -0.451 e. The van der Waals surface area contributed by atoms with Crippen molar-refractivity contribution >= 4 is 34.2 Å². The van der Waals surface area contributed by atoms with Crippen molar-refractivity contribution in [2.24, 2.45) is 0 Å². The number of fused-ring (bicyclic) bond motifs is 1. The summed E-state index contributed by atoms with van der Waals surface area (Å²) in [4.78, 5) is 14.4. The zero-order chi connectivity index (χ0) is 15.5. The molecule has 1 amide bonds. The molecule has 0 N–H and O–H groups in total. The Hall–Kier alpha value is -2.52. The first-order valence-electron chi connectivity index (χ1n) is 6.86. The van der Waals surface area contributed by atoms with Crippen molar-refractivity contribution in [1.29, 1.82) is 0 Å². The second-order valence-electron chi connectivity index (χ2n) is 4.83. The Bertz CT molecular complexity index is 823. The third kappa shape index (κ3) is 2.76. The van der Waals surface area contributed by atoms with Crippen molar-refractivity contribution in [3.8, 4) is 0 Å². The molecule has 0 aliphatic heterocycles. The minimum atomic E-state index is -0.210. The molecular weight excluding hydrogens is 298 g/mol. The fourth-order valence-corrected chi connectivity index (χ4v) is 2.48. The number of para-hydroxylation sites is 1. The maximum absolute atomic E-state index is 12.7. The highest BCUT2D eigenvalue weighted by molar-refractivity contribution is 6.31. The monoisotopic (exact) mass is 311 g/mol. The number of benzene rings is 2. The topological polar surface area (TPSA) is 33.5 Å². The number of rotatable bonds is 4. The number of halogens is 1. The van der Waals surface area contributed by atoms with Gasteiger partial charge in [0.2, 0.25) is 0 Å². The normalized spacial score (nSPS) is 10.6. The standard InChI is InChI=1S/C18H14ClNO2/c1-2-10-20(15-6-4-3-5-7-15)18(21)17-12-13-11-14(19)8-9-16(13)22-17/h2-9,11-12H,1,10H2. The molecule has 0 saturated carbocycles. The van der Waals surface area contributed by atoms with E-state index in [1.165, 1.54) is 0 Å². The second-order valence-corrected chi connectivity index (χ2v) is 5.27. The van der Waals surface area contributed by atoms with E-state index in [1.807, 2.05) is 30.3 Å². The van der Waals surface area contributed by atoms with Crippen LogP contribution in [0.1, 0.15) is 10.6 Å². The van der Waals surface area contributed by atoms with Gasteiger partial charge in [-0.25, -0.2) is 0 Å². The van der Waals surface area contributed by atoms with Gasteiger partial charge in [0, 0.05) is 22.6 Å². The summed E-state index contributed by atoms with van der Waals surface area (Å²) in [5, 5.41) is 1.42. The lowest BCUT2D eigenvalue weighted by atomic mass is 10.2. The van der Waals surface area contributed by atoms with E-state index in [0.717, 1.165) is 11.1 Å². The highest BCUT2D eigenvalue weighted by atomic mass is 35.5. The van der Waals surface area contributed by atoms with Gasteiger partial charge in [-0.2, -0.15) is 0 Å². The van der Waals surface area contributed by atoms with Crippen molar-refractivity contribution in [2.75, 3.05) is 11.4 Å². The predicted octanol–water partition coefficient (Wildman–Crippen LogP) is 4.92. The number of anilines is 1. The molecule has 0 aliphatic carbocycles. The smallest absolute Gasteiger partial charge is 0.294 e. The fourth-order valence-electron chi connectivity index (χ4n) is 2.30. The van der Waals surface area contributed by atoms with E-state index < -0.39 is 0 Å². The molecule has 0 unspecified atom stereocenters. The third-order valence-corrected chi connectivity index (χ3v) is 3.55. The van der Waals surface area contributed by atoms with E-state index in [9.17, 15) is 4.79 Å². The summed E-state index contributed by atoms with van der Waals surface area (Å²) >= 11 is 5.97. The van der Waals surface area contributed by atoms with E-state index >= 15 is 0 Å². The predicted molar refractivity (Wildman–Crippen MR) is 89.5 cm³/mol. The van der Waals surface area contributed by atoms with Gasteiger partial charge in [0.05, 0.1) is 0 Å². The highest BCUT2D eigenvalue weighted by Gasteiger charge is 2.20. The Morgan fingerprint density at radius 1 is 1.18 bits per heavy atom. The SMILES string of the molecule is C=CCN(C(=O)c1cc2cc(Cl)ccc2o1)c1ccccc1. The molecule has 2 aromatic carbocycles. The Morgan fingerprint density at radius 3 is 2.68 bits per heavy atom. The summed E-state index contributed by atoms with van der Waals surface area (Å²) < 4.78 is 5.65. The fraction of sp³-hybridized carbons (Fsp3) is 0.0556. The Balaban J connectivity index is 2.00. The number of hydrogen-bond donors (Lipinski definition) is 0. The van der Waals surface area contributed by atoms with Crippen LogP contribution in [0.15, 0.2) is 71.7 Å². The van der Waals surface area contributed by atoms with Crippen LogP contribution >= 0.6 is 11.6 Å². The van der Waals surface area contributed by atoms with Gasteiger partial charge < -0.3 is 9.32 Å². The number of furan rings is 1. The molecule has 1 heterocycles. The van der Waals surface area contributed by atoms with Crippen LogP contribution in [0.4, 0.5) is 5.69 Å². The van der Waals surface area contributed by atoms with Gasteiger partial charge in [-0.1, -0.05) is 35.9 Å². The summed E-state index contributed by atoms with van der Waals surface area (Å²) in [6.07, 6.45) is 1.68. The van der Waals surface area contributed by atoms with E-state index in [-0.39, 0.29) is 11.7 Å². The molecule has 1 aromatic heterocycles. The Kier molecular flexibility index (Phi) is 3.98. The van der Waals surface area contributed by atoms with Crippen molar-refractivity contribution in [2.45, 2.75) is 0 Å². The van der Waals surface area contributed by atoms with Crippen molar-refractivity contribution in [1.82, 2.24) is 0 Å². The molecule has 3 aromatic rings. The average molecular weight is 312 g/mol. The third-order valence-electron chi connectivity index (χ3n) is 3.31. The van der Waals surface area contributed by atoms with Gasteiger partial charge in [-0.15, -0.1) is 6.58 Å². The summed E-state index contributed by atoms with van der Waals surface area (Å²) in [6.45, 7) is 4.12. The van der Waals surface area contributed by atoms with Crippen LogP contribution in [0.5, 0.6) is 0 Å². The Morgan fingerprint density at radius 2 is 1.95 bits per heavy atom. The van der Waals surface area contributed by atoms with E-state index in [0.29, 0.717) is 17.2 Å². The van der Waals surface area contributed by atoms with Crippen molar-refractivity contribution in [3.63, 3.8) is 0 Å². The summed E-state index contributed by atoms with van der Waals surface area (Å²) in [5.74, 6) is 0.0707. The quantitative estimate of drug-likeness (QED) is 0.641. The van der Waals surface area contributed by atoms with E-state index in [4.69, 9.17) is 16.0 Å². The Labute approximate surface area is 133 Å². The van der Waals surface area contributed by atoms with Gasteiger partial charge in [0.15, 0.2) is 5.76 Å². The van der Waals surface area contributed by atoms with E-state index in [1.54, 1.807) is 35.2 Å². The van der Waals surface area contributed by atoms with Crippen LogP contribution in [0, 0.1) is 0 Å². The minimum absolute atomic E-state index is 0.210. The van der Waals surface area contributed by atoms with Crippen LogP contribution in [-0.2, 0) is 0 Å². The maximum atomic E-state index is 12.7. The van der Waals surface area contributed by atoms with Gasteiger partial charge in [-0.05, 0) is 36.4 Å². The molecule has 0 atom stereocenters. The van der Waals surface area contributed by atoms with Crippen LogP contribution < -0.4 is 4.90 Å². The number of carbonyl (C=O) groups excluding carboxylic acids is 1. The largest absolute Gasteiger partial charge is 0.451 e. The molecule has 4 heteroatoms. The number of carbonyl (C=O) groups is 1. The van der Waals surface area contributed by atoms with Crippen molar-refractivity contribution < 1.29 is 9.21 Å². The van der Waals surface area contributed by atoms with E-state index in [2.05, 4.69) is 6.58 Å². The van der Waals surface area contributed by atoms with Crippen LogP contribution in [0.25, 0.3) is 11.0 Å². The molecule has 3 rings (SSSR count). The van der Waals surface area contributed by atoms with Crippen molar-refractivity contribution in [3.05, 3.63) is 78.0 Å². The molecule has 22 heavy (non-hydrogen) atoms. The maximum Gasteiger partial charge on any atom is 0.294 e. The zero-order valence-corrected chi connectivity index (χ0v) is 12.6. The lowest BCUT2D eigenvalue weighted by molar-refractivity contribution is 0.0965. The summed E-state index contributed by atoms with van der Waals surface area (Å²) in [5.41, 5.74) is 1.44. The molecule has 0 fully saturated rings. The molecule has 0 aliphatic rings. The average Bonchev–Trinajstić information content (AvgIpc) is 2.96. The summed E-state index contributed by atoms with van der Waals surface area (Å²) in [7, 11) is 0. The van der Waals surface area contributed by atoms with Crippen LogP contribution in [-0.4, -0.2) is 12.5 Å². The molecule has 0 radical (unpaired) electrons. The van der Waals surface area contributed by atoms with Crippen LogP contribution in [0.3, 0.4) is 0 Å². The van der Waals surface area contributed by atoms with Gasteiger partial charge in [0.1, 0.15) is 5.58 Å². The van der Waals surface area contributed by atoms with Crippen LogP contribution in [0.2, 0.25) is 5.02 Å². The van der Waals surface area contributed by atoms with Gasteiger partial charge >= 0.3 is 0 Å². The molecule has 0 bridgehead atoms. The molecule has 110 valence electrons. The number of nitrogens with zero attached hydrogens (tertiary/aromatic N) is 1. The zero-order valence-electron chi connectivity index (χ0n) is 11.8. The van der Waals surface area contributed by atoms with Gasteiger partial charge in [-0.3, -0.25) is 4.79 Å². The number of hydrogen-bond acceptors (Lipinski definition) is 2. The molecule has 3 nitrogen and oxygen atoms in total. The highest BCUT2D eigenvalue weighted by Crippen LogP contribution is 2.25. The number of amides is 1. The molecule has 0 saturated heterocycles. The molecule has 0 spiro atoms.